The Morgan fingerprint density at radius 1 is 1.53 bits per heavy atom. The van der Waals surface area contributed by atoms with Crippen LogP contribution >= 0.6 is 22.6 Å². The summed E-state index contributed by atoms with van der Waals surface area (Å²) < 4.78 is 5.39. The van der Waals surface area contributed by atoms with Crippen molar-refractivity contribution in [1.82, 2.24) is 10.2 Å². The molecule has 0 radical (unpaired) electrons. The Morgan fingerprint density at radius 3 is 2.53 bits per heavy atom. The Kier molecular flexibility index (Phi) is 5.96. The number of ether oxygens (including phenoxy) is 1. The lowest BCUT2D eigenvalue weighted by Gasteiger charge is -2.33. The Morgan fingerprint density at radius 2 is 2.12 bits per heavy atom. The van der Waals surface area contributed by atoms with Crippen LogP contribution in [0.1, 0.15) is 12.8 Å². The average Bonchev–Trinajstić information content (AvgIpc) is 2.35. The van der Waals surface area contributed by atoms with Crippen LogP contribution in [0.3, 0.4) is 0 Å². The number of carboxylic acids is 1. The van der Waals surface area contributed by atoms with E-state index >= 15 is 0 Å². The molecule has 1 aliphatic heterocycles. The largest absolute Gasteiger partial charge is 0.480 e. The van der Waals surface area contributed by atoms with E-state index in [1.165, 1.54) is 7.11 Å². The van der Waals surface area contributed by atoms with Gasteiger partial charge in [0.2, 0.25) is 0 Å². The van der Waals surface area contributed by atoms with E-state index in [-0.39, 0.29) is 5.92 Å². The van der Waals surface area contributed by atoms with E-state index in [9.17, 15) is 9.59 Å². The van der Waals surface area contributed by atoms with Gasteiger partial charge in [0.05, 0.1) is 11.7 Å². The molecule has 0 aromatic heterocycles. The smallest absolute Gasteiger partial charge is 0.407 e. The first-order valence-electron chi connectivity index (χ1n) is 5.44. The fraction of sp³-hybridized carbons (Fsp3) is 0.800. The van der Waals surface area contributed by atoms with Crippen molar-refractivity contribution >= 4 is 34.7 Å². The molecule has 0 spiro atoms. The highest BCUT2D eigenvalue weighted by Gasteiger charge is 2.32. The van der Waals surface area contributed by atoms with Crippen molar-refractivity contribution in [3.05, 3.63) is 0 Å². The number of alkyl carbamates (subject to hydrolysis) is 1. The van der Waals surface area contributed by atoms with Crippen LogP contribution in [-0.4, -0.2) is 52.9 Å². The number of likely N-dealkylation sites (tertiary alicyclic amines) is 1. The van der Waals surface area contributed by atoms with Gasteiger partial charge < -0.3 is 15.2 Å². The molecule has 2 N–H and O–H groups in total. The van der Waals surface area contributed by atoms with Crippen LogP contribution in [0.4, 0.5) is 4.79 Å². The van der Waals surface area contributed by atoms with Gasteiger partial charge in [-0.2, -0.15) is 0 Å². The fourth-order valence-corrected chi connectivity index (χ4v) is 2.66. The van der Waals surface area contributed by atoms with Gasteiger partial charge in [0.1, 0.15) is 6.04 Å². The minimum absolute atomic E-state index is 0.0224. The monoisotopic (exact) mass is 356 g/mol. The minimum Gasteiger partial charge on any atom is -0.480 e. The second kappa shape index (κ2) is 7.00. The molecule has 0 aliphatic carbocycles. The van der Waals surface area contributed by atoms with Crippen LogP contribution in [0.15, 0.2) is 0 Å². The Bertz CT molecular complexity index is 279. The molecule has 6 nitrogen and oxygen atoms in total. The zero-order valence-corrected chi connectivity index (χ0v) is 11.8. The molecule has 1 heterocycles. The molecule has 1 aliphatic rings. The van der Waals surface area contributed by atoms with Crippen LogP contribution in [0.5, 0.6) is 0 Å². The van der Waals surface area contributed by atoms with Crippen molar-refractivity contribution in [3.63, 3.8) is 0 Å². The number of carboxylic acid groups (broad SMARTS) is 1. The van der Waals surface area contributed by atoms with Gasteiger partial charge in [0.25, 0.3) is 0 Å². The number of carbonyl (C=O) groups is 2. The number of nitrogens with zero attached hydrogens (tertiary/aromatic N) is 1. The number of hydrogen-bond acceptors (Lipinski definition) is 4. The average molecular weight is 356 g/mol. The number of methoxy groups -OCH3 is 1. The van der Waals surface area contributed by atoms with Crippen LogP contribution in [-0.2, 0) is 9.53 Å². The van der Waals surface area contributed by atoms with Gasteiger partial charge in [-0.3, -0.25) is 4.90 Å². The molecule has 7 heteroatoms. The number of rotatable bonds is 4. The summed E-state index contributed by atoms with van der Waals surface area (Å²) in [7, 11) is 1.23. The molecule has 17 heavy (non-hydrogen) atoms. The molecular formula is C10H17IN2O4. The van der Waals surface area contributed by atoms with E-state index < -0.39 is 18.1 Å². The van der Waals surface area contributed by atoms with Crippen molar-refractivity contribution < 1.29 is 19.4 Å². The van der Waals surface area contributed by atoms with Crippen LogP contribution < -0.4 is 5.32 Å². The van der Waals surface area contributed by atoms with Gasteiger partial charge in [-0.15, -0.1) is 0 Å². The third kappa shape index (κ3) is 4.30. The predicted octanol–water partition coefficient (Wildman–Crippen LogP) is 0.900. The maximum Gasteiger partial charge on any atom is 0.407 e. The van der Waals surface area contributed by atoms with Gasteiger partial charge in [-0.1, -0.05) is 22.6 Å². The molecule has 1 saturated heterocycles. The van der Waals surface area contributed by atoms with E-state index in [0.717, 1.165) is 30.5 Å². The zero-order valence-electron chi connectivity index (χ0n) is 9.69. The molecule has 0 unspecified atom stereocenters. The molecule has 1 atom stereocenters. The van der Waals surface area contributed by atoms with Gasteiger partial charge >= 0.3 is 12.1 Å². The van der Waals surface area contributed by atoms with Crippen LogP contribution in [0.25, 0.3) is 0 Å². The van der Waals surface area contributed by atoms with Gasteiger partial charge in [-0.25, -0.2) is 9.59 Å². The predicted molar refractivity (Wildman–Crippen MR) is 70.1 cm³/mol. The van der Waals surface area contributed by atoms with E-state index in [4.69, 9.17) is 5.11 Å². The zero-order chi connectivity index (χ0) is 12.8. The number of piperidine rings is 1. The lowest BCUT2D eigenvalue weighted by Crippen LogP contribution is -2.49. The van der Waals surface area contributed by atoms with Crippen molar-refractivity contribution in [2.24, 2.45) is 5.92 Å². The summed E-state index contributed by atoms with van der Waals surface area (Å²) in [6.45, 7) is 1.75. The summed E-state index contributed by atoms with van der Waals surface area (Å²) in [5.74, 6) is -1.02. The Labute approximate surface area is 114 Å². The summed E-state index contributed by atoms with van der Waals surface area (Å²) in [5, 5.41) is 11.5. The molecule has 0 saturated carbocycles. The standard InChI is InChI=1S/C10H17IN2O4/c1-17-10(16)12-8(9(14)15)7-2-4-13(6-11)5-3-7/h7-8H,2-6H2,1H3,(H,12,16)(H,14,15)/t8-/m0/s1. The number of carbonyl (C=O) groups excluding carboxylic acids is 1. The summed E-state index contributed by atoms with van der Waals surface area (Å²) >= 11 is 2.29. The first kappa shape index (κ1) is 14.5. The highest BCUT2D eigenvalue weighted by atomic mass is 127. The highest BCUT2D eigenvalue weighted by molar-refractivity contribution is 14.1. The number of alkyl halides is 1. The topological polar surface area (TPSA) is 78.9 Å². The Hall–Kier alpha value is -0.570. The second-order valence-corrected chi connectivity index (χ2v) is 4.71. The van der Waals surface area contributed by atoms with E-state index in [1.54, 1.807) is 0 Å². The number of nitrogens with one attached hydrogen (secondary N) is 1. The summed E-state index contributed by atoms with van der Waals surface area (Å²) in [4.78, 5) is 24.5. The molecule has 98 valence electrons. The minimum atomic E-state index is -0.997. The van der Waals surface area contributed by atoms with Crippen LogP contribution in [0, 0.1) is 5.92 Å². The van der Waals surface area contributed by atoms with Crippen molar-refractivity contribution in [2.45, 2.75) is 18.9 Å². The van der Waals surface area contributed by atoms with Crippen molar-refractivity contribution in [3.8, 4) is 0 Å². The summed E-state index contributed by atoms with van der Waals surface area (Å²) in [6.07, 6.45) is 0.877. The maximum absolute atomic E-state index is 11.1. The first-order chi connectivity index (χ1) is 8.08. The van der Waals surface area contributed by atoms with Crippen molar-refractivity contribution in [1.29, 1.82) is 0 Å². The van der Waals surface area contributed by atoms with E-state index in [1.807, 2.05) is 0 Å². The first-order valence-corrected chi connectivity index (χ1v) is 6.96. The summed E-state index contributed by atoms with van der Waals surface area (Å²) in [6, 6.07) is -0.848. The number of aliphatic carboxylic acids is 1. The number of hydrogen-bond donors (Lipinski definition) is 2. The quantitative estimate of drug-likeness (QED) is 0.445. The number of amides is 1. The van der Waals surface area contributed by atoms with E-state index in [2.05, 4.69) is 37.5 Å². The fourth-order valence-electron chi connectivity index (χ4n) is 1.97. The van der Waals surface area contributed by atoms with Crippen molar-refractivity contribution in [2.75, 3.05) is 24.8 Å². The number of halogens is 1. The Balaban J connectivity index is 2.54. The van der Waals surface area contributed by atoms with Gasteiger partial charge in [-0.05, 0) is 31.8 Å². The normalized spacial score (nSPS) is 19.6. The maximum atomic E-state index is 11.1. The van der Waals surface area contributed by atoms with E-state index in [0.29, 0.717) is 0 Å². The van der Waals surface area contributed by atoms with Gasteiger partial charge in [0, 0.05) is 0 Å². The third-order valence-corrected chi connectivity index (χ3v) is 3.96. The molecule has 0 aromatic rings. The van der Waals surface area contributed by atoms with Crippen LogP contribution in [0.2, 0.25) is 0 Å². The molecule has 0 aromatic carbocycles. The molecular weight excluding hydrogens is 339 g/mol. The molecule has 0 bridgehead atoms. The summed E-state index contributed by atoms with van der Waals surface area (Å²) in [5.41, 5.74) is 0. The lowest BCUT2D eigenvalue weighted by atomic mass is 9.89. The molecule has 1 rings (SSSR count). The third-order valence-electron chi connectivity index (χ3n) is 3.00. The highest BCUT2D eigenvalue weighted by Crippen LogP contribution is 2.21. The molecule has 1 fully saturated rings. The second-order valence-electron chi connectivity index (χ2n) is 4.03. The SMILES string of the molecule is COC(=O)N[C@H](C(=O)O)C1CCN(CI)CC1. The van der Waals surface area contributed by atoms with Gasteiger partial charge in [0.15, 0.2) is 0 Å². The molecule has 1 amide bonds. The lowest BCUT2D eigenvalue weighted by molar-refractivity contribution is -0.141.